The number of aromatic nitrogens is 4. The van der Waals surface area contributed by atoms with Gasteiger partial charge in [-0.3, -0.25) is 4.79 Å². The number of hydrogen-bond acceptors (Lipinski definition) is 6. The van der Waals surface area contributed by atoms with Crippen molar-refractivity contribution < 1.29 is 14.3 Å². The zero-order valence-corrected chi connectivity index (χ0v) is 17.9. The van der Waals surface area contributed by atoms with Crippen molar-refractivity contribution in [1.82, 2.24) is 19.7 Å². The molecule has 0 bridgehead atoms. The Labute approximate surface area is 181 Å². The number of fused-ring (bicyclic) bond motifs is 1. The first-order valence-corrected chi connectivity index (χ1v) is 10.9. The second kappa shape index (κ2) is 8.01. The third-order valence-electron chi connectivity index (χ3n) is 6.43. The normalized spacial score (nSPS) is 21.7. The van der Waals surface area contributed by atoms with E-state index in [2.05, 4.69) is 10.3 Å². The van der Waals surface area contributed by atoms with E-state index in [1.165, 1.54) is 19.8 Å². The van der Waals surface area contributed by atoms with Crippen LogP contribution in [0.3, 0.4) is 0 Å². The Morgan fingerprint density at radius 3 is 2.87 bits per heavy atom. The van der Waals surface area contributed by atoms with Crippen LogP contribution in [0.4, 0.5) is 5.82 Å². The number of carbonyl (C=O) groups excluding carboxylic acids is 1. The number of amides is 1. The summed E-state index contributed by atoms with van der Waals surface area (Å²) in [5, 5.41) is 8.80. The molecule has 8 nitrogen and oxygen atoms in total. The molecule has 1 aliphatic carbocycles. The molecule has 2 aliphatic rings. The van der Waals surface area contributed by atoms with E-state index in [0.717, 1.165) is 47.4 Å². The summed E-state index contributed by atoms with van der Waals surface area (Å²) in [6, 6.07) is 7.79. The molecule has 3 aromatic heterocycles. The lowest BCUT2D eigenvalue weighted by atomic mass is 9.98. The highest BCUT2D eigenvalue weighted by atomic mass is 16.5. The van der Waals surface area contributed by atoms with Crippen molar-refractivity contribution in [1.29, 1.82) is 0 Å². The third-order valence-corrected chi connectivity index (χ3v) is 6.43. The van der Waals surface area contributed by atoms with E-state index in [1.54, 1.807) is 7.11 Å². The lowest BCUT2D eigenvalue weighted by Gasteiger charge is -2.25. The summed E-state index contributed by atoms with van der Waals surface area (Å²) in [6.45, 7) is 2.62. The van der Waals surface area contributed by atoms with Gasteiger partial charge in [-0.2, -0.15) is 5.10 Å². The van der Waals surface area contributed by atoms with Gasteiger partial charge in [0.1, 0.15) is 11.4 Å². The Bertz CT molecular complexity index is 1110. The Balaban J connectivity index is 1.65. The van der Waals surface area contributed by atoms with E-state index in [-0.39, 0.29) is 5.91 Å². The van der Waals surface area contributed by atoms with Gasteiger partial charge in [-0.25, -0.2) is 14.6 Å². The fourth-order valence-corrected chi connectivity index (χ4v) is 4.77. The molecule has 3 aromatic rings. The second-order valence-corrected chi connectivity index (χ2v) is 8.43. The van der Waals surface area contributed by atoms with Gasteiger partial charge in [0.15, 0.2) is 5.82 Å². The predicted molar refractivity (Wildman–Crippen MR) is 116 cm³/mol. The molecule has 1 amide bonds. The van der Waals surface area contributed by atoms with E-state index >= 15 is 0 Å². The minimum Gasteiger partial charge on any atom is -0.378 e. The van der Waals surface area contributed by atoms with Gasteiger partial charge in [0.2, 0.25) is 5.91 Å². The molecule has 8 heteroatoms. The highest BCUT2D eigenvalue weighted by Crippen LogP contribution is 2.38. The number of anilines is 1. The number of methoxy groups -OCH3 is 1. The quantitative estimate of drug-likeness (QED) is 0.676. The molecule has 0 aromatic carbocycles. The van der Waals surface area contributed by atoms with Crippen LogP contribution in [0.2, 0.25) is 0 Å². The van der Waals surface area contributed by atoms with Crippen molar-refractivity contribution in [2.24, 2.45) is 0 Å². The minimum atomic E-state index is -0.532. The first-order chi connectivity index (χ1) is 15.1. The van der Waals surface area contributed by atoms with E-state index < -0.39 is 5.60 Å². The first kappa shape index (κ1) is 20.1. The van der Waals surface area contributed by atoms with Crippen molar-refractivity contribution >= 4 is 22.6 Å². The second-order valence-electron chi connectivity index (χ2n) is 8.43. The molecule has 1 unspecified atom stereocenters. The Morgan fingerprint density at radius 2 is 2.16 bits per heavy atom. The zero-order chi connectivity index (χ0) is 21.4. The van der Waals surface area contributed by atoms with Crippen molar-refractivity contribution in [2.45, 2.75) is 50.5 Å². The monoisotopic (exact) mass is 421 g/mol. The summed E-state index contributed by atoms with van der Waals surface area (Å²) >= 11 is 0. The third kappa shape index (κ3) is 3.59. The smallest absolute Gasteiger partial charge is 0.222 e. The summed E-state index contributed by atoms with van der Waals surface area (Å²) in [7, 11) is 1.70. The lowest BCUT2D eigenvalue weighted by molar-refractivity contribution is -0.114. The average molecular weight is 422 g/mol. The van der Waals surface area contributed by atoms with Crippen LogP contribution in [0.1, 0.15) is 56.3 Å². The SMILES string of the molecule is COC1(c2cccc(-n3nc(C4CCCC4)c4cnc(NC(C)=O)cc43)n2)CCOC1. The molecule has 0 radical (unpaired) electrons. The molecule has 31 heavy (non-hydrogen) atoms. The number of ether oxygens (including phenoxy) is 2. The lowest BCUT2D eigenvalue weighted by Crippen LogP contribution is -2.30. The molecular formula is C23H27N5O3. The van der Waals surface area contributed by atoms with Crippen LogP contribution >= 0.6 is 0 Å². The zero-order valence-electron chi connectivity index (χ0n) is 17.9. The highest BCUT2D eigenvalue weighted by Gasteiger charge is 2.38. The fourth-order valence-electron chi connectivity index (χ4n) is 4.77. The minimum absolute atomic E-state index is 0.155. The van der Waals surface area contributed by atoms with E-state index in [1.807, 2.05) is 35.1 Å². The molecule has 0 spiro atoms. The van der Waals surface area contributed by atoms with Crippen LogP contribution in [0, 0.1) is 0 Å². The molecule has 4 heterocycles. The van der Waals surface area contributed by atoms with Crippen molar-refractivity contribution in [3.05, 3.63) is 41.9 Å². The molecule has 2 fully saturated rings. The number of carbonyl (C=O) groups is 1. The summed E-state index contributed by atoms with van der Waals surface area (Å²) in [6.07, 6.45) is 7.31. The maximum absolute atomic E-state index is 11.6. The number of rotatable bonds is 5. The maximum atomic E-state index is 11.6. The van der Waals surface area contributed by atoms with Gasteiger partial charge < -0.3 is 14.8 Å². The largest absolute Gasteiger partial charge is 0.378 e. The number of hydrogen-bond donors (Lipinski definition) is 1. The van der Waals surface area contributed by atoms with Crippen LogP contribution in [0.5, 0.6) is 0 Å². The maximum Gasteiger partial charge on any atom is 0.222 e. The van der Waals surface area contributed by atoms with Gasteiger partial charge >= 0.3 is 0 Å². The molecular weight excluding hydrogens is 394 g/mol. The Hall–Kier alpha value is -2.84. The number of nitrogens with one attached hydrogen (secondary N) is 1. The molecule has 1 atom stereocenters. The van der Waals surface area contributed by atoms with Crippen molar-refractivity contribution in [2.75, 3.05) is 25.6 Å². The van der Waals surface area contributed by atoms with Crippen LogP contribution < -0.4 is 5.32 Å². The molecule has 5 rings (SSSR count). The fraction of sp³-hybridized carbons (Fsp3) is 0.478. The van der Waals surface area contributed by atoms with Gasteiger partial charge in [0.05, 0.1) is 23.5 Å². The Morgan fingerprint density at radius 1 is 1.32 bits per heavy atom. The van der Waals surface area contributed by atoms with Gasteiger partial charge in [-0.1, -0.05) is 18.9 Å². The summed E-state index contributed by atoms with van der Waals surface area (Å²) in [5.74, 6) is 1.49. The van der Waals surface area contributed by atoms with Crippen molar-refractivity contribution in [3.63, 3.8) is 0 Å². The van der Waals surface area contributed by atoms with Gasteiger partial charge in [-0.05, 0) is 25.0 Å². The van der Waals surface area contributed by atoms with E-state index in [4.69, 9.17) is 19.6 Å². The van der Waals surface area contributed by atoms with Gasteiger partial charge in [0, 0.05) is 50.6 Å². The summed E-state index contributed by atoms with van der Waals surface area (Å²) in [5.41, 5.74) is 2.26. The predicted octanol–water partition coefficient (Wildman–Crippen LogP) is 3.69. The molecule has 1 saturated heterocycles. The number of nitrogens with zero attached hydrogens (tertiary/aromatic N) is 4. The highest BCUT2D eigenvalue weighted by molar-refractivity contribution is 5.91. The standard InChI is InChI=1S/C23H27N5O3/c1-15(29)25-20-12-18-17(13-24-20)22(16-6-3-4-7-16)27-28(18)21-9-5-8-19(26-21)23(30-2)10-11-31-14-23/h5,8-9,12-13,16H,3-4,6-7,10-11,14H2,1-2H3,(H,24,25,29). The van der Waals surface area contributed by atoms with Gasteiger partial charge in [0.25, 0.3) is 0 Å². The molecule has 1 aliphatic heterocycles. The van der Waals surface area contributed by atoms with Crippen LogP contribution in [-0.2, 0) is 19.9 Å². The van der Waals surface area contributed by atoms with E-state index in [9.17, 15) is 4.79 Å². The molecule has 1 N–H and O–H groups in total. The summed E-state index contributed by atoms with van der Waals surface area (Å²) < 4.78 is 13.3. The topological polar surface area (TPSA) is 91.2 Å². The molecule has 162 valence electrons. The Kier molecular flexibility index (Phi) is 5.19. The first-order valence-electron chi connectivity index (χ1n) is 10.9. The van der Waals surface area contributed by atoms with Crippen molar-refractivity contribution in [3.8, 4) is 5.82 Å². The van der Waals surface area contributed by atoms with Crippen LogP contribution in [-0.4, -0.2) is 46.0 Å². The molecule has 1 saturated carbocycles. The van der Waals surface area contributed by atoms with Crippen LogP contribution in [0.15, 0.2) is 30.5 Å². The van der Waals surface area contributed by atoms with E-state index in [0.29, 0.717) is 24.9 Å². The number of pyridine rings is 2. The van der Waals surface area contributed by atoms with Crippen LogP contribution in [0.25, 0.3) is 16.7 Å². The van der Waals surface area contributed by atoms with Gasteiger partial charge in [-0.15, -0.1) is 0 Å². The summed E-state index contributed by atoms with van der Waals surface area (Å²) in [4.78, 5) is 21.0. The average Bonchev–Trinajstić information content (AvgIpc) is 3.53.